The van der Waals surface area contributed by atoms with Crippen molar-refractivity contribution in [1.29, 1.82) is 5.26 Å². The minimum absolute atomic E-state index is 0.163. The Kier molecular flexibility index (Phi) is 7.66. The molecule has 1 unspecified atom stereocenters. The van der Waals surface area contributed by atoms with Crippen molar-refractivity contribution in [2.75, 3.05) is 61.1 Å². The number of nitrogen functional groups attached to an aromatic ring is 1. The molecule has 0 aliphatic carbocycles. The Morgan fingerprint density at radius 2 is 2.00 bits per heavy atom. The van der Waals surface area contributed by atoms with Gasteiger partial charge < -0.3 is 25.3 Å². The lowest BCUT2D eigenvalue weighted by molar-refractivity contribution is 0.266. The molecule has 12 heteroatoms. The summed E-state index contributed by atoms with van der Waals surface area (Å²) in [7, 11) is -4.13. The van der Waals surface area contributed by atoms with E-state index < -0.39 is 7.60 Å². The highest BCUT2D eigenvalue weighted by Crippen LogP contribution is 2.34. The smallest absolute Gasteiger partial charge is 0.326 e. The molecule has 162 valence electrons. The highest BCUT2D eigenvalue weighted by atomic mass is 31.2. The minimum atomic E-state index is -4.13. The molecule has 0 radical (unpaired) electrons. The monoisotopic (exact) mass is 427 g/mol. The first kappa shape index (κ1) is 23.2. The lowest BCUT2D eigenvalue weighted by atomic mass is 10.2. The van der Waals surface area contributed by atoms with E-state index in [0.717, 1.165) is 0 Å². The standard InChI is InChI=1S/C17H30N7O4P/c1-4-22-12-23(15-14(22)16(25)24(5-2)17(19)20-15)7-6-21(11-13(3)10-18)8-9-29(26,27)28/h13H,4-9,11-12H2,1-3H3,(H2,19,20)(H2,26,27,28). The van der Waals surface area contributed by atoms with Crippen LogP contribution < -0.4 is 21.1 Å². The van der Waals surface area contributed by atoms with Crippen molar-refractivity contribution in [2.45, 2.75) is 27.3 Å². The fraction of sp³-hybridized carbons (Fsp3) is 0.706. The number of hydrogen-bond acceptors (Lipinski definition) is 8. The van der Waals surface area contributed by atoms with Crippen LogP contribution in [-0.4, -0.2) is 69.8 Å². The van der Waals surface area contributed by atoms with Crippen molar-refractivity contribution in [2.24, 2.45) is 5.92 Å². The largest absolute Gasteiger partial charge is 0.369 e. The van der Waals surface area contributed by atoms with Crippen molar-refractivity contribution in [3.05, 3.63) is 10.4 Å². The van der Waals surface area contributed by atoms with Gasteiger partial charge in [0, 0.05) is 39.3 Å². The van der Waals surface area contributed by atoms with Crippen LogP contribution in [-0.2, 0) is 11.1 Å². The van der Waals surface area contributed by atoms with Gasteiger partial charge in [0.25, 0.3) is 5.56 Å². The fourth-order valence-electron chi connectivity index (χ4n) is 3.39. The molecule has 0 amide bonds. The van der Waals surface area contributed by atoms with Crippen LogP contribution in [0.4, 0.5) is 17.5 Å². The topological polar surface area (TPSA) is 152 Å². The van der Waals surface area contributed by atoms with E-state index in [-0.39, 0.29) is 30.1 Å². The van der Waals surface area contributed by atoms with Crippen molar-refractivity contribution in [3.8, 4) is 6.07 Å². The van der Waals surface area contributed by atoms with E-state index in [4.69, 9.17) is 11.0 Å². The number of anilines is 3. The first-order valence-electron chi connectivity index (χ1n) is 9.68. The summed E-state index contributed by atoms with van der Waals surface area (Å²) in [5.41, 5.74) is 6.32. The molecular weight excluding hydrogens is 397 g/mol. The second-order valence-electron chi connectivity index (χ2n) is 7.17. The zero-order valence-electron chi connectivity index (χ0n) is 17.2. The summed E-state index contributed by atoms with van der Waals surface area (Å²) >= 11 is 0. The van der Waals surface area contributed by atoms with E-state index in [0.29, 0.717) is 50.9 Å². The molecule has 0 spiro atoms. The van der Waals surface area contributed by atoms with Gasteiger partial charge in [0.2, 0.25) is 5.95 Å². The summed E-state index contributed by atoms with van der Waals surface area (Å²) in [6.07, 6.45) is -0.269. The van der Waals surface area contributed by atoms with Crippen LogP contribution >= 0.6 is 7.60 Å². The minimum Gasteiger partial charge on any atom is -0.369 e. The summed E-state index contributed by atoms with van der Waals surface area (Å²) in [6, 6.07) is 2.15. The van der Waals surface area contributed by atoms with Crippen molar-refractivity contribution >= 4 is 25.0 Å². The number of rotatable bonds is 10. The average Bonchev–Trinajstić information content (AvgIpc) is 3.01. The normalized spacial score (nSPS) is 14.9. The molecule has 1 aromatic rings. The predicted octanol–water partition coefficient (Wildman–Crippen LogP) is 0.0886. The average molecular weight is 427 g/mol. The summed E-state index contributed by atoms with van der Waals surface area (Å²) in [5, 5.41) is 9.09. The molecule has 0 bridgehead atoms. The van der Waals surface area contributed by atoms with Crippen LogP contribution in [0, 0.1) is 17.2 Å². The van der Waals surface area contributed by atoms with Gasteiger partial charge in [0.1, 0.15) is 5.69 Å². The first-order chi connectivity index (χ1) is 13.6. The van der Waals surface area contributed by atoms with Crippen LogP contribution in [0.5, 0.6) is 0 Å². The maximum absolute atomic E-state index is 12.8. The van der Waals surface area contributed by atoms with E-state index in [1.807, 2.05) is 28.5 Å². The molecule has 0 saturated heterocycles. The first-order valence-corrected chi connectivity index (χ1v) is 11.5. The van der Waals surface area contributed by atoms with Gasteiger partial charge in [-0.1, -0.05) is 0 Å². The maximum Gasteiger partial charge on any atom is 0.326 e. The van der Waals surface area contributed by atoms with Crippen LogP contribution in [0.2, 0.25) is 0 Å². The second-order valence-corrected chi connectivity index (χ2v) is 8.95. The highest BCUT2D eigenvalue weighted by molar-refractivity contribution is 7.51. The van der Waals surface area contributed by atoms with Crippen molar-refractivity contribution in [1.82, 2.24) is 14.5 Å². The molecule has 29 heavy (non-hydrogen) atoms. The Bertz CT molecular complexity index is 863. The molecule has 1 aromatic heterocycles. The lowest BCUT2D eigenvalue weighted by Crippen LogP contribution is -2.40. The van der Waals surface area contributed by atoms with Crippen LogP contribution in [0.1, 0.15) is 20.8 Å². The predicted molar refractivity (Wildman–Crippen MR) is 112 cm³/mol. The SMILES string of the molecule is CCN1CN(CCN(CCP(=O)(O)O)CC(C)C#N)c2nc(N)n(CC)c(=O)c21. The van der Waals surface area contributed by atoms with Crippen molar-refractivity contribution in [3.63, 3.8) is 0 Å². The second kappa shape index (κ2) is 9.59. The summed E-state index contributed by atoms with van der Waals surface area (Å²) in [6.45, 7) is 8.68. The van der Waals surface area contributed by atoms with E-state index >= 15 is 0 Å². The summed E-state index contributed by atoms with van der Waals surface area (Å²) < 4.78 is 12.7. The maximum atomic E-state index is 12.8. The quantitative estimate of drug-likeness (QED) is 0.438. The van der Waals surface area contributed by atoms with Gasteiger partial charge in [-0.05, 0) is 20.8 Å². The third kappa shape index (κ3) is 5.70. The van der Waals surface area contributed by atoms with Gasteiger partial charge >= 0.3 is 7.60 Å². The van der Waals surface area contributed by atoms with Crippen LogP contribution in [0.3, 0.4) is 0 Å². The Hall–Kier alpha value is -2.12. The summed E-state index contributed by atoms with van der Waals surface area (Å²) in [5.74, 6) is 0.424. The number of hydrogen-bond donors (Lipinski definition) is 3. The van der Waals surface area contributed by atoms with Gasteiger partial charge in [-0.25, -0.2) is 0 Å². The van der Waals surface area contributed by atoms with E-state index in [9.17, 15) is 19.1 Å². The Balaban J connectivity index is 2.20. The van der Waals surface area contributed by atoms with Gasteiger partial charge in [0.15, 0.2) is 5.82 Å². The molecule has 4 N–H and O–H groups in total. The molecule has 1 aliphatic heterocycles. The molecule has 11 nitrogen and oxygen atoms in total. The highest BCUT2D eigenvalue weighted by Gasteiger charge is 2.31. The lowest BCUT2D eigenvalue weighted by Gasteiger charge is -2.27. The van der Waals surface area contributed by atoms with E-state index in [2.05, 4.69) is 11.1 Å². The molecule has 0 saturated carbocycles. The Labute approximate surface area is 170 Å². The summed E-state index contributed by atoms with van der Waals surface area (Å²) in [4.78, 5) is 41.4. The third-order valence-electron chi connectivity index (χ3n) is 4.96. The van der Waals surface area contributed by atoms with Crippen LogP contribution in [0.15, 0.2) is 4.79 Å². The van der Waals surface area contributed by atoms with E-state index in [1.54, 1.807) is 6.92 Å². The van der Waals surface area contributed by atoms with Gasteiger partial charge in [-0.2, -0.15) is 10.2 Å². The zero-order chi connectivity index (χ0) is 21.8. The number of fused-ring (bicyclic) bond motifs is 1. The van der Waals surface area contributed by atoms with Gasteiger partial charge in [-0.15, -0.1) is 0 Å². The zero-order valence-corrected chi connectivity index (χ0v) is 18.0. The van der Waals surface area contributed by atoms with Gasteiger partial charge in [-0.3, -0.25) is 18.8 Å². The fourth-order valence-corrected chi connectivity index (χ4v) is 3.93. The number of aromatic nitrogens is 2. The molecule has 1 aliphatic rings. The van der Waals surface area contributed by atoms with Crippen LogP contribution in [0.25, 0.3) is 0 Å². The molecule has 0 fully saturated rings. The molecule has 1 atom stereocenters. The Morgan fingerprint density at radius 3 is 2.55 bits per heavy atom. The number of nitrogens with zero attached hydrogens (tertiary/aromatic N) is 6. The molecule has 0 aromatic carbocycles. The third-order valence-corrected chi connectivity index (χ3v) is 5.74. The Morgan fingerprint density at radius 1 is 1.31 bits per heavy atom. The molecule has 2 heterocycles. The van der Waals surface area contributed by atoms with E-state index in [1.165, 1.54) is 4.57 Å². The molecule has 2 rings (SSSR count). The molecular formula is C17H30N7O4P. The number of nitrogens with two attached hydrogens (primary N) is 1. The van der Waals surface area contributed by atoms with Gasteiger partial charge in [0.05, 0.1) is 24.8 Å². The van der Waals surface area contributed by atoms with Crippen molar-refractivity contribution < 1.29 is 14.4 Å². The number of nitriles is 1.